The summed E-state index contributed by atoms with van der Waals surface area (Å²) in [6.45, 7) is 3.38. The van der Waals surface area contributed by atoms with Gasteiger partial charge in [0.1, 0.15) is 5.82 Å². The molecule has 16 heavy (non-hydrogen) atoms. The Kier molecular flexibility index (Phi) is 2.36. The Bertz CT molecular complexity index is 457. The van der Waals surface area contributed by atoms with Crippen molar-refractivity contribution < 1.29 is 0 Å². The first-order chi connectivity index (χ1) is 7.83. The first-order valence-corrected chi connectivity index (χ1v) is 5.87. The van der Waals surface area contributed by atoms with Gasteiger partial charge in [0.05, 0.1) is 11.6 Å². The topological polar surface area (TPSA) is 53.6 Å². The van der Waals surface area contributed by atoms with Crippen LogP contribution in [0.25, 0.3) is 11.2 Å². The number of pyridine rings is 1. The molecule has 4 nitrogen and oxygen atoms in total. The Hall–Kier alpha value is -1.42. The highest BCUT2D eigenvalue weighted by molar-refractivity contribution is 5.69. The number of H-pyrrole nitrogens is 1. The van der Waals surface area contributed by atoms with Gasteiger partial charge in [0.25, 0.3) is 0 Å². The summed E-state index contributed by atoms with van der Waals surface area (Å²) in [6, 6.07) is 4.31. The molecule has 2 aromatic rings. The third-order valence-corrected chi connectivity index (χ3v) is 3.27. The third kappa shape index (κ3) is 1.69. The molecule has 1 saturated heterocycles. The largest absolute Gasteiger partial charge is 0.339 e. The Morgan fingerprint density at radius 3 is 3.19 bits per heavy atom. The van der Waals surface area contributed by atoms with E-state index in [9.17, 15) is 0 Å². The fourth-order valence-electron chi connectivity index (χ4n) is 2.34. The number of hydrogen-bond donors (Lipinski definition) is 2. The summed E-state index contributed by atoms with van der Waals surface area (Å²) in [5.41, 5.74) is 1.84. The van der Waals surface area contributed by atoms with Gasteiger partial charge in [-0.25, -0.2) is 9.97 Å². The van der Waals surface area contributed by atoms with Crippen LogP contribution >= 0.6 is 0 Å². The van der Waals surface area contributed by atoms with Crippen LogP contribution in [0.2, 0.25) is 0 Å². The molecule has 2 N–H and O–H groups in total. The highest BCUT2D eigenvalue weighted by atomic mass is 15.1. The number of nitrogens with one attached hydrogen (secondary N) is 2. The Morgan fingerprint density at radius 1 is 1.44 bits per heavy atom. The fraction of sp³-hybridized carbons (Fsp3) is 0.500. The molecule has 0 radical (unpaired) electrons. The molecular weight excluding hydrogens is 200 g/mol. The molecule has 1 fully saturated rings. The number of nitrogens with zero attached hydrogens (tertiary/aromatic N) is 2. The van der Waals surface area contributed by atoms with Crippen molar-refractivity contribution in [1.82, 2.24) is 20.3 Å². The fourth-order valence-corrected chi connectivity index (χ4v) is 2.34. The molecule has 0 aliphatic carbocycles. The van der Waals surface area contributed by atoms with Gasteiger partial charge in [-0.3, -0.25) is 0 Å². The van der Waals surface area contributed by atoms with E-state index < -0.39 is 0 Å². The number of imidazole rings is 1. The van der Waals surface area contributed by atoms with Gasteiger partial charge in [0.2, 0.25) is 0 Å². The van der Waals surface area contributed by atoms with Crippen molar-refractivity contribution >= 4 is 11.2 Å². The molecule has 1 aliphatic heterocycles. The summed E-state index contributed by atoms with van der Waals surface area (Å²) >= 11 is 0. The maximum atomic E-state index is 4.54. The third-order valence-electron chi connectivity index (χ3n) is 3.27. The molecule has 2 aromatic heterocycles. The van der Waals surface area contributed by atoms with Crippen LogP contribution in [0.15, 0.2) is 18.3 Å². The van der Waals surface area contributed by atoms with Gasteiger partial charge in [-0.05, 0) is 37.4 Å². The number of fused-ring (bicyclic) bond motifs is 1. The summed E-state index contributed by atoms with van der Waals surface area (Å²) in [5.74, 6) is 1.80. The van der Waals surface area contributed by atoms with Crippen molar-refractivity contribution in [1.29, 1.82) is 0 Å². The average Bonchev–Trinajstić information content (AvgIpc) is 2.72. The first-order valence-electron chi connectivity index (χ1n) is 5.87. The van der Waals surface area contributed by atoms with E-state index in [-0.39, 0.29) is 0 Å². The van der Waals surface area contributed by atoms with Crippen LogP contribution in [0.3, 0.4) is 0 Å². The second-order valence-corrected chi connectivity index (χ2v) is 4.63. The Balaban J connectivity index is 1.93. The van der Waals surface area contributed by atoms with Crippen molar-refractivity contribution in [3.05, 3.63) is 24.2 Å². The summed E-state index contributed by atoms with van der Waals surface area (Å²) in [7, 11) is 0. The van der Waals surface area contributed by atoms with E-state index in [1.807, 2.05) is 12.1 Å². The predicted octanol–water partition coefficient (Wildman–Crippen LogP) is 2.02. The van der Waals surface area contributed by atoms with Gasteiger partial charge in [-0.1, -0.05) is 6.92 Å². The van der Waals surface area contributed by atoms with E-state index >= 15 is 0 Å². The molecule has 2 atom stereocenters. The molecule has 84 valence electrons. The minimum atomic E-state index is 0.359. The number of piperidine rings is 1. The van der Waals surface area contributed by atoms with Crippen molar-refractivity contribution in [3.8, 4) is 0 Å². The highest BCUT2D eigenvalue weighted by Gasteiger charge is 2.22. The standard InChI is InChI=1S/C12H16N4/c1-8-4-6-13-10(7-8)12-15-9-3-2-5-14-11(9)16-12/h2-3,5,8,10,13H,4,6-7H2,1H3,(H,14,15,16). The minimum absolute atomic E-state index is 0.359. The van der Waals surface area contributed by atoms with Crippen molar-refractivity contribution in [2.75, 3.05) is 6.54 Å². The maximum absolute atomic E-state index is 4.54. The molecule has 0 aromatic carbocycles. The molecule has 0 bridgehead atoms. The van der Waals surface area contributed by atoms with Gasteiger partial charge in [-0.2, -0.15) is 0 Å². The van der Waals surface area contributed by atoms with Crippen LogP contribution in [0.1, 0.15) is 31.6 Å². The van der Waals surface area contributed by atoms with E-state index in [2.05, 4.69) is 27.2 Å². The van der Waals surface area contributed by atoms with Crippen molar-refractivity contribution in [2.45, 2.75) is 25.8 Å². The lowest BCUT2D eigenvalue weighted by Gasteiger charge is -2.26. The quantitative estimate of drug-likeness (QED) is 0.766. The zero-order valence-electron chi connectivity index (χ0n) is 9.40. The second-order valence-electron chi connectivity index (χ2n) is 4.63. The number of aromatic nitrogens is 3. The lowest BCUT2D eigenvalue weighted by atomic mass is 9.94. The monoisotopic (exact) mass is 216 g/mol. The molecule has 0 amide bonds. The van der Waals surface area contributed by atoms with E-state index in [1.54, 1.807) is 6.20 Å². The molecular formula is C12H16N4. The molecule has 2 unspecified atom stereocenters. The Labute approximate surface area is 94.5 Å². The normalized spacial score (nSPS) is 26.1. The summed E-state index contributed by atoms with van der Waals surface area (Å²) in [4.78, 5) is 12.1. The molecule has 0 saturated carbocycles. The summed E-state index contributed by atoms with van der Waals surface area (Å²) in [6.07, 6.45) is 4.19. The van der Waals surface area contributed by atoms with Crippen LogP contribution in [-0.2, 0) is 0 Å². The smallest absolute Gasteiger partial charge is 0.177 e. The molecule has 3 heterocycles. The molecule has 3 rings (SSSR count). The zero-order valence-corrected chi connectivity index (χ0v) is 9.40. The summed E-state index contributed by atoms with van der Waals surface area (Å²) < 4.78 is 0. The van der Waals surface area contributed by atoms with Crippen LogP contribution < -0.4 is 5.32 Å². The van der Waals surface area contributed by atoms with Gasteiger partial charge < -0.3 is 10.3 Å². The van der Waals surface area contributed by atoms with Crippen molar-refractivity contribution in [3.63, 3.8) is 0 Å². The van der Waals surface area contributed by atoms with Crippen LogP contribution in [0.5, 0.6) is 0 Å². The van der Waals surface area contributed by atoms with Gasteiger partial charge >= 0.3 is 0 Å². The SMILES string of the molecule is CC1CCNC(c2nc3ncccc3[nH]2)C1. The molecule has 1 aliphatic rings. The predicted molar refractivity (Wildman–Crippen MR) is 63.0 cm³/mol. The van der Waals surface area contributed by atoms with Gasteiger partial charge in [0, 0.05) is 6.20 Å². The maximum Gasteiger partial charge on any atom is 0.177 e. The van der Waals surface area contributed by atoms with Crippen LogP contribution in [-0.4, -0.2) is 21.5 Å². The van der Waals surface area contributed by atoms with Gasteiger partial charge in [0.15, 0.2) is 5.65 Å². The number of hydrogen-bond acceptors (Lipinski definition) is 3. The van der Waals surface area contributed by atoms with Gasteiger partial charge in [-0.15, -0.1) is 0 Å². The van der Waals surface area contributed by atoms with E-state index in [0.717, 1.165) is 35.9 Å². The summed E-state index contributed by atoms with van der Waals surface area (Å²) in [5, 5.41) is 3.51. The van der Waals surface area contributed by atoms with E-state index in [4.69, 9.17) is 0 Å². The van der Waals surface area contributed by atoms with Crippen LogP contribution in [0, 0.1) is 5.92 Å². The Morgan fingerprint density at radius 2 is 2.38 bits per heavy atom. The zero-order chi connectivity index (χ0) is 11.0. The van der Waals surface area contributed by atoms with Crippen LogP contribution in [0.4, 0.5) is 0 Å². The lowest BCUT2D eigenvalue weighted by molar-refractivity contribution is 0.317. The highest BCUT2D eigenvalue weighted by Crippen LogP contribution is 2.25. The average molecular weight is 216 g/mol. The lowest BCUT2D eigenvalue weighted by Crippen LogP contribution is -2.31. The number of aromatic amines is 1. The number of rotatable bonds is 1. The molecule has 0 spiro atoms. The molecule has 4 heteroatoms. The van der Waals surface area contributed by atoms with E-state index in [1.165, 1.54) is 6.42 Å². The first kappa shape index (κ1) is 9.78. The minimum Gasteiger partial charge on any atom is -0.339 e. The van der Waals surface area contributed by atoms with Crippen molar-refractivity contribution in [2.24, 2.45) is 5.92 Å². The second kappa shape index (κ2) is 3.87. The van der Waals surface area contributed by atoms with E-state index in [0.29, 0.717) is 6.04 Å².